The van der Waals surface area contributed by atoms with Gasteiger partial charge in [-0.25, -0.2) is 0 Å². The van der Waals surface area contributed by atoms with Crippen molar-refractivity contribution in [1.29, 1.82) is 0 Å². The minimum atomic E-state index is -0.865. The SMILES string of the molecule is Nc1c([N+](=O)[O-])c(=O)[nH]n1CCO. The van der Waals surface area contributed by atoms with E-state index in [1.807, 2.05) is 0 Å². The summed E-state index contributed by atoms with van der Waals surface area (Å²) in [6.07, 6.45) is 0. The van der Waals surface area contributed by atoms with E-state index in [-0.39, 0.29) is 19.0 Å². The Labute approximate surface area is 71.7 Å². The lowest BCUT2D eigenvalue weighted by atomic mass is 10.5. The molecule has 0 spiro atoms. The zero-order valence-corrected chi connectivity index (χ0v) is 6.56. The number of anilines is 1. The van der Waals surface area contributed by atoms with E-state index in [1.54, 1.807) is 0 Å². The van der Waals surface area contributed by atoms with Crippen LogP contribution in [0.15, 0.2) is 4.79 Å². The highest BCUT2D eigenvalue weighted by Crippen LogP contribution is 2.13. The number of nitrogens with one attached hydrogen (secondary N) is 1. The minimum absolute atomic E-state index is 0.0227. The number of hydrogen-bond acceptors (Lipinski definition) is 5. The maximum atomic E-state index is 10.9. The van der Waals surface area contributed by atoms with E-state index >= 15 is 0 Å². The van der Waals surface area contributed by atoms with Gasteiger partial charge in [0.2, 0.25) is 5.82 Å². The second-order valence-electron chi connectivity index (χ2n) is 2.31. The first-order chi connectivity index (χ1) is 6.07. The van der Waals surface area contributed by atoms with Crippen molar-refractivity contribution < 1.29 is 10.0 Å². The third kappa shape index (κ3) is 1.51. The molecule has 1 aromatic rings. The van der Waals surface area contributed by atoms with Gasteiger partial charge in [-0.1, -0.05) is 0 Å². The number of hydrogen-bond donors (Lipinski definition) is 3. The summed E-state index contributed by atoms with van der Waals surface area (Å²) in [5, 5.41) is 20.9. The standard InChI is InChI=1S/C5H8N4O4/c6-4-3(9(12)13)5(11)7-8(4)1-2-10/h10H,1-2,6H2,(H,7,11). The molecule has 1 rings (SSSR count). The molecule has 4 N–H and O–H groups in total. The monoisotopic (exact) mass is 188 g/mol. The summed E-state index contributed by atoms with van der Waals surface area (Å²) in [7, 11) is 0. The predicted molar refractivity (Wildman–Crippen MR) is 43.2 cm³/mol. The Kier molecular flexibility index (Phi) is 2.33. The van der Waals surface area contributed by atoms with Gasteiger partial charge in [-0.3, -0.25) is 24.7 Å². The van der Waals surface area contributed by atoms with Crippen LogP contribution < -0.4 is 11.3 Å². The molecule has 0 atom stereocenters. The molecule has 0 bridgehead atoms. The van der Waals surface area contributed by atoms with Gasteiger partial charge in [0.15, 0.2) is 0 Å². The van der Waals surface area contributed by atoms with Crippen LogP contribution in [0.3, 0.4) is 0 Å². The Balaban J connectivity index is 3.22. The summed E-state index contributed by atoms with van der Waals surface area (Å²) in [4.78, 5) is 20.3. The van der Waals surface area contributed by atoms with Gasteiger partial charge < -0.3 is 10.8 Å². The molecule has 1 heterocycles. The lowest BCUT2D eigenvalue weighted by molar-refractivity contribution is -0.385. The number of aromatic nitrogens is 2. The Morgan fingerprint density at radius 3 is 2.69 bits per heavy atom. The number of nitrogen functional groups attached to an aromatic ring is 1. The topological polar surface area (TPSA) is 127 Å². The normalized spacial score (nSPS) is 10.2. The molecule has 0 radical (unpaired) electrons. The van der Waals surface area contributed by atoms with Gasteiger partial charge in [0, 0.05) is 0 Å². The van der Waals surface area contributed by atoms with Crippen molar-refractivity contribution in [1.82, 2.24) is 9.78 Å². The van der Waals surface area contributed by atoms with Gasteiger partial charge in [-0.2, -0.15) is 0 Å². The Morgan fingerprint density at radius 1 is 1.69 bits per heavy atom. The Bertz CT molecular complexity index is 378. The molecular formula is C5H8N4O4. The molecule has 13 heavy (non-hydrogen) atoms. The van der Waals surface area contributed by atoms with Crippen LogP contribution >= 0.6 is 0 Å². The highest BCUT2D eigenvalue weighted by Gasteiger charge is 2.22. The first-order valence-corrected chi connectivity index (χ1v) is 3.41. The number of aliphatic hydroxyl groups is 1. The molecule has 0 aliphatic carbocycles. The molecule has 0 aliphatic rings. The molecule has 0 amide bonds. The average Bonchev–Trinajstić information content (AvgIpc) is 2.28. The van der Waals surface area contributed by atoms with Crippen LogP contribution in [0, 0.1) is 10.1 Å². The minimum Gasteiger partial charge on any atom is -0.394 e. The Morgan fingerprint density at radius 2 is 2.31 bits per heavy atom. The molecule has 0 saturated carbocycles. The fourth-order valence-corrected chi connectivity index (χ4v) is 0.933. The van der Waals surface area contributed by atoms with Crippen LogP contribution in [0.2, 0.25) is 0 Å². The van der Waals surface area contributed by atoms with Crippen LogP contribution in [-0.2, 0) is 6.54 Å². The number of aromatic amines is 1. The fourth-order valence-electron chi connectivity index (χ4n) is 0.933. The summed E-state index contributed by atoms with van der Waals surface area (Å²) in [6, 6.07) is 0. The van der Waals surface area contributed by atoms with Gasteiger partial charge in [-0.15, -0.1) is 0 Å². The predicted octanol–water partition coefficient (Wildman–Crippen LogP) is -1.34. The molecule has 72 valence electrons. The maximum Gasteiger partial charge on any atom is 0.376 e. The number of H-pyrrole nitrogens is 1. The number of nitro groups is 1. The second-order valence-corrected chi connectivity index (χ2v) is 2.31. The largest absolute Gasteiger partial charge is 0.394 e. The van der Waals surface area contributed by atoms with Crippen LogP contribution in [0.5, 0.6) is 0 Å². The highest BCUT2D eigenvalue weighted by atomic mass is 16.6. The van der Waals surface area contributed by atoms with Crippen LogP contribution in [0.25, 0.3) is 0 Å². The van der Waals surface area contributed by atoms with E-state index < -0.39 is 16.2 Å². The summed E-state index contributed by atoms with van der Waals surface area (Å²) >= 11 is 0. The van der Waals surface area contributed by atoms with Crippen molar-refractivity contribution in [2.24, 2.45) is 0 Å². The molecule has 1 aromatic heterocycles. The number of rotatable bonds is 3. The van der Waals surface area contributed by atoms with Crippen LogP contribution in [-0.4, -0.2) is 26.4 Å². The second kappa shape index (κ2) is 3.27. The van der Waals surface area contributed by atoms with E-state index in [0.29, 0.717) is 0 Å². The quantitative estimate of drug-likeness (QED) is 0.399. The van der Waals surface area contributed by atoms with E-state index in [2.05, 4.69) is 5.10 Å². The number of aliphatic hydroxyl groups excluding tert-OH is 1. The van der Waals surface area contributed by atoms with E-state index in [9.17, 15) is 14.9 Å². The van der Waals surface area contributed by atoms with Crippen molar-refractivity contribution in [2.75, 3.05) is 12.3 Å². The molecule has 0 fully saturated rings. The molecule has 8 heteroatoms. The average molecular weight is 188 g/mol. The van der Waals surface area contributed by atoms with Gasteiger partial charge >= 0.3 is 11.2 Å². The molecule has 0 aliphatic heterocycles. The van der Waals surface area contributed by atoms with E-state index in [4.69, 9.17) is 10.8 Å². The van der Waals surface area contributed by atoms with E-state index in [0.717, 1.165) is 4.68 Å². The molecule has 0 saturated heterocycles. The first kappa shape index (κ1) is 9.26. The lowest BCUT2D eigenvalue weighted by Crippen LogP contribution is -2.10. The molecule has 8 nitrogen and oxygen atoms in total. The van der Waals surface area contributed by atoms with Gasteiger partial charge in [-0.05, 0) is 0 Å². The van der Waals surface area contributed by atoms with Crippen LogP contribution in [0.1, 0.15) is 0 Å². The van der Waals surface area contributed by atoms with E-state index in [1.165, 1.54) is 0 Å². The molecule has 0 aromatic carbocycles. The van der Waals surface area contributed by atoms with Crippen molar-refractivity contribution in [3.05, 3.63) is 20.5 Å². The Hall–Kier alpha value is -1.83. The van der Waals surface area contributed by atoms with Crippen molar-refractivity contribution >= 4 is 11.5 Å². The number of nitrogens with two attached hydrogens (primary N) is 1. The first-order valence-electron chi connectivity index (χ1n) is 3.41. The molecular weight excluding hydrogens is 180 g/mol. The number of nitrogens with zero attached hydrogens (tertiary/aromatic N) is 2. The summed E-state index contributed by atoms with van der Waals surface area (Å²) in [5.74, 6) is -0.274. The summed E-state index contributed by atoms with van der Waals surface area (Å²) in [6.45, 7) is -0.235. The van der Waals surface area contributed by atoms with Gasteiger partial charge in [0.1, 0.15) is 0 Å². The smallest absolute Gasteiger partial charge is 0.376 e. The third-order valence-electron chi connectivity index (χ3n) is 1.49. The zero-order valence-electron chi connectivity index (χ0n) is 6.56. The van der Waals surface area contributed by atoms with Crippen molar-refractivity contribution in [3.8, 4) is 0 Å². The van der Waals surface area contributed by atoms with Crippen molar-refractivity contribution in [2.45, 2.75) is 6.54 Å². The molecule has 0 unspecified atom stereocenters. The lowest BCUT2D eigenvalue weighted by Gasteiger charge is -1.98. The highest BCUT2D eigenvalue weighted by molar-refractivity contribution is 5.51. The van der Waals surface area contributed by atoms with Gasteiger partial charge in [0.25, 0.3) is 0 Å². The fraction of sp³-hybridized carbons (Fsp3) is 0.400. The third-order valence-corrected chi connectivity index (χ3v) is 1.49. The van der Waals surface area contributed by atoms with Gasteiger partial charge in [0.05, 0.1) is 18.1 Å². The van der Waals surface area contributed by atoms with Crippen LogP contribution in [0.4, 0.5) is 11.5 Å². The maximum absolute atomic E-state index is 10.9. The summed E-state index contributed by atoms with van der Waals surface area (Å²) < 4.78 is 1.03. The summed E-state index contributed by atoms with van der Waals surface area (Å²) in [5.41, 5.74) is 3.72. The zero-order chi connectivity index (χ0) is 10.0. The van der Waals surface area contributed by atoms with Crippen molar-refractivity contribution in [3.63, 3.8) is 0 Å².